The van der Waals surface area contributed by atoms with Gasteiger partial charge < -0.3 is 10.4 Å². The summed E-state index contributed by atoms with van der Waals surface area (Å²) in [4.78, 5) is 10.8. The number of carboxylic acid groups (broad SMARTS) is 1. The van der Waals surface area contributed by atoms with Gasteiger partial charge in [-0.15, -0.1) is 0 Å². The summed E-state index contributed by atoms with van der Waals surface area (Å²) in [6, 6.07) is -0.311. The molecule has 2 fully saturated rings. The summed E-state index contributed by atoms with van der Waals surface area (Å²) in [6.07, 6.45) is -1.78. The van der Waals surface area contributed by atoms with E-state index < -0.39 is 23.6 Å². The average Bonchev–Trinajstić information content (AvgIpc) is 2.98. The van der Waals surface area contributed by atoms with Gasteiger partial charge in [-0.05, 0) is 32.1 Å². The number of hydrogen-bond donors (Lipinski definition) is 2. The van der Waals surface area contributed by atoms with Crippen LogP contribution in [-0.2, 0) is 4.79 Å². The Morgan fingerprint density at radius 2 is 1.94 bits per heavy atom. The van der Waals surface area contributed by atoms with Crippen LogP contribution in [-0.4, -0.2) is 28.8 Å². The first kappa shape index (κ1) is 12.7. The lowest BCUT2D eigenvalue weighted by Crippen LogP contribution is -2.51. The molecule has 2 atom stereocenters. The van der Waals surface area contributed by atoms with Crippen LogP contribution >= 0.6 is 0 Å². The predicted molar refractivity (Wildman–Crippen MR) is 54.5 cm³/mol. The number of halogens is 3. The number of aliphatic carboxylic acids is 1. The molecule has 2 aliphatic carbocycles. The molecular formula is C11H16F3NO2. The highest BCUT2D eigenvalue weighted by atomic mass is 19.4. The van der Waals surface area contributed by atoms with Crippen molar-refractivity contribution in [2.45, 2.75) is 56.3 Å². The van der Waals surface area contributed by atoms with Crippen LogP contribution in [0.2, 0.25) is 0 Å². The van der Waals surface area contributed by atoms with E-state index in [-0.39, 0.29) is 18.9 Å². The Balaban J connectivity index is 1.94. The molecule has 3 nitrogen and oxygen atoms in total. The van der Waals surface area contributed by atoms with Gasteiger partial charge in [0.2, 0.25) is 0 Å². The van der Waals surface area contributed by atoms with Gasteiger partial charge in [0.15, 0.2) is 0 Å². The Bertz CT molecular complexity index is 312. The number of hydrogen-bond acceptors (Lipinski definition) is 2. The van der Waals surface area contributed by atoms with Gasteiger partial charge in [-0.2, -0.15) is 13.2 Å². The second kappa shape index (κ2) is 4.15. The van der Waals surface area contributed by atoms with Crippen LogP contribution in [0.3, 0.4) is 0 Å². The van der Waals surface area contributed by atoms with Crippen molar-refractivity contribution >= 4 is 5.97 Å². The lowest BCUT2D eigenvalue weighted by Gasteiger charge is -2.32. The molecule has 98 valence electrons. The number of carboxylic acids is 1. The van der Waals surface area contributed by atoms with E-state index in [1.165, 1.54) is 0 Å². The van der Waals surface area contributed by atoms with Crippen LogP contribution in [0.15, 0.2) is 0 Å². The first-order valence-corrected chi connectivity index (χ1v) is 5.91. The average molecular weight is 251 g/mol. The van der Waals surface area contributed by atoms with Gasteiger partial charge in [0, 0.05) is 6.04 Å². The van der Waals surface area contributed by atoms with Crippen LogP contribution in [0.4, 0.5) is 13.2 Å². The van der Waals surface area contributed by atoms with Gasteiger partial charge in [-0.1, -0.05) is 6.42 Å². The highest BCUT2D eigenvalue weighted by molar-refractivity contribution is 5.70. The Morgan fingerprint density at radius 1 is 1.29 bits per heavy atom. The van der Waals surface area contributed by atoms with E-state index in [0.29, 0.717) is 25.7 Å². The van der Waals surface area contributed by atoms with Crippen LogP contribution < -0.4 is 5.32 Å². The van der Waals surface area contributed by atoms with Crippen LogP contribution in [0, 0.1) is 5.92 Å². The van der Waals surface area contributed by atoms with E-state index in [1.807, 2.05) is 0 Å². The van der Waals surface area contributed by atoms with Crippen molar-refractivity contribution in [1.29, 1.82) is 0 Å². The van der Waals surface area contributed by atoms with Gasteiger partial charge in [0.1, 0.15) is 5.54 Å². The van der Waals surface area contributed by atoms with Crippen molar-refractivity contribution in [1.82, 2.24) is 5.32 Å². The lowest BCUT2D eigenvalue weighted by atomic mass is 9.85. The van der Waals surface area contributed by atoms with E-state index in [0.717, 1.165) is 0 Å². The summed E-state index contributed by atoms with van der Waals surface area (Å²) in [5.74, 6) is -1.39. The fraction of sp³-hybridized carbons (Fsp3) is 0.909. The first-order chi connectivity index (χ1) is 7.84. The van der Waals surface area contributed by atoms with Gasteiger partial charge >= 0.3 is 12.1 Å². The predicted octanol–water partition coefficient (Wildman–Crippen LogP) is 2.31. The van der Waals surface area contributed by atoms with Gasteiger partial charge in [0.25, 0.3) is 0 Å². The van der Waals surface area contributed by atoms with Crippen molar-refractivity contribution in [3.05, 3.63) is 0 Å². The third-order valence-electron chi connectivity index (χ3n) is 3.80. The third kappa shape index (κ3) is 2.56. The zero-order chi connectivity index (χ0) is 12.7. The van der Waals surface area contributed by atoms with E-state index in [2.05, 4.69) is 5.32 Å². The van der Waals surface area contributed by atoms with Crippen molar-refractivity contribution in [2.75, 3.05) is 0 Å². The Morgan fingerprint density at radius 3 is 2.41 bits per heavy atom. The molecule has 0 saturated heterocycles. The normalized spacial score (nSPS) is 32.2. The fourth-order valence-corrected chi connectivity index (χ4v) is 2.57. The van der Waals surface area contributed by atoms with Gasteiger partial charge in [0.05, 0.1) is 5.92 Å². The summed E-state index contributed by atoms with van der Waals surface area (Å²) in [7, 11) is 0. The van der Waals surface area contributed by atoms with Gasteiger partial charge in [-0.3, -0.25) is 4.79 Å². The monoisotopic (exact) mass is 251 g/mol. The number of carbonyl (C=O) groups is 1. The van der Waals surface area contributed by atoms with Crippen molar-refractivity contribution in [3.63, 3.8) is 0 Å². The molecule has 2 unspecified atom stereocenters. The Labute approximate surface area is 97.4 Å². The third-order valence-corrected chi connectivity index (χ3v) is 3.80. The highest BCUT2D eigenvalue weighted by Crippen LogP contribution is 2.49. The van der Waals surface area contributed by atoms with Crippen molar-refractivity contribution in [2.24, 2.45) is 5.92 Å². The molecule has 0 amide bonds. The minimum Gasteiger partial charge on any atom is -0.481 e. The van der Waals surface area contributed by atoms with Gasteiger partial charge in [-0.25, -0.2) is 0 Å². The maximum atomic E-state index is 12.7. The SMILES string of the molecule is O=C(O)C1CCCC(NC2(C(F)(F)F)CC2)C1. The molecule has 17 heavy (non-hydrogen) atoms. The summed E-state index contributed by atoms with van der Waals surface area (Å²) < 4.78 is 38.2. The molecule has 0 aromatic heterocycles. The topological polar surface area (TPSA) is 49.3 Å². The summed E-state index contributed by atoms with van der Waals surface area (Å²) in [6.45, 7) is 0. The Hall–Kier alpha value is -0.780. The number of nitrogens with one attached hydrogen (secondary N) is 1. The minimum absolute atomic E-state index is 0.116. The summed E-state index contributed by atoms with van der Waals surface area (Å²) >= 11 is 0. The molecule has 2 rings (SSSR count). The molecule has 0 aromatic rings. The second-order valence-electron chi connectivity index (χ2n) is 5.12. The molecule has 6 heteroatoms. The number of alkyl halides is 3. The smallest absolute Gasteiger partial charge is 0.406 e. The van der Waals surface area contributed by atoms with E-state index in [9.17, 15) is 18.0 Å². The molecule has 2 N–H and O–H groups in total. The maximum Gasteiger partial charge on any atom is 0.406 e. The molecule has 0 radical (unpaired) electrons. The zero-order valence-electron chi connectivity index (χ0n) is 9.39. The first-order valence-electron chi connectivity index (χ1n) is 5.91. The largest absolute Gasteiger partial charge is 0.481 e. The molecule has 0 aromatic carbocycles. The molecule has 2 aliphatic rings. The summed E-state index contributed by atoms with van der Waals surface area (Å²) in [5, 5.41) is 11.5. The molecule has 0 aliphatic heterocycles. The van der Waals surface area contributed by atoms with E-state index >= 15 is 0 Å². The highest BCUT2D eigenvalue weighted by Gasteiger charge is 2.63. The zero-order valence-corrected chi connectivity index (χ0v) is 9.39. The second-order valence-corrected chi connectivity index (χ2v) is 5.12. The number of rotatable bonds is 3. The molecule has 2 saturated carbocycles. The minimum atomic E-state index is -4.22. The lowest BCUT2D eigenvalue weighted by molar-refractivity contribution is -0.169. The van der Waals surface area contributed by atoms with Crippen LogP contribution in [0.1, 0.15) is 38.5 Å². The molecule has 0 bridgehead atoms. The van der Waals surface area contributed by atoms with Crippen LogP contribution in [0.5, 0.6) is 0 Å². The molecule has 0 heterocycles. The molecular weight excluding hydrogens is 235 g/mol. The van der Waals surface area contributed by atoms with E-state index in [4.69, 9.17) is 5.11 Å². The van der Waals surface area contributed by atoms with Crippen molar-refractivity contribution in [3.8, 4) is 0 Å². The summed E-state index contributed by atoms with van der Waals surface area (Å²) in [5.41, 5.74) is -1.72. The van der Waals surface area contributed by atoms with E-state index in [1.54, 1.807) is 0 Å². The quantitative estimate of drug-likeness (QED) is 0.809. The standard InChI is InChI=1S/C11H16F3NO2/c12-11(13,14)10(4-5-10)15-8-3-1-2-7(6-8)9(16)17/h7-8,15H,1-6H2,(H,16,17). The fourth-order valence-electron chi connectivity index (χ4n) is 2.57. The molecule has 0 spiro atoms. The Kier molecular flexibility index (Phi) is 3.10. The maximum absolute atomic E-state index is 12.7. The van der Waals surface area contributed by atoms with Crippen LogP contribution in [0.25, 0.3) is 0 Å². The van der Waals surface area contributed by atoms with Crippen molar-refractivity contribution < 1.29 is 23.1 Å².